The average molecular weight is 459 g/mol. The molecule has 10 nitrogen and oxygen atoms in total. The van der Waals surface area contributed by atoms with E-state index in [1.165, 1.54) is 25.1 Å². The summed E-state index contributed by atoms with van der Waals surface area (Å²) >= 11 is 0. The number of hydrogen-bond donors (Lipinski definition) is 6. The van der Waals surface area contributed by atoms with E-state index in [0.717, 1.165) is 0 Å². The van der Waals surface area contributed by atoms with Crippen molar-refractivity contribution in [3.05, 3.63) is 46.2 Å². The van der Waals surface area contributed by atoms with Gasteiger partial charge in [0, 0.05) is 11.5 Å². The second kappa shape index (κ2) is 6.66. The van der Waals surface area contributed by atoms with E-state index in [4.69, 9.17) is 5.73 Å². The van der Waals surface area contributed by atoms with Crippen LogP contribution < -0.4 is 5.73 Å². The van der Waals surface area contributed by atoms with Gasteiger partial charge in [-0.1, -0.05) is 12.1 Å². The smallest absolute Gasteiger partial charge is 0.256 e. The Balaban J connectivity index is 2.07. The van der Waals surface area contributed by atoms with Gasteiger partial charge in [-0.2, -0.15) is 0 Å². The Morgan fingerprint density at radius 1 is 1.12 bits per heavy atom. The molecular formula is C23H27N2O8+. The van der Waals surface area contributed by atoms with Crippen LogP contribution in [0.2, 0.25) is 0 Å². The first-order valence-electron chi connectivity index (χ1n) is 10.4. The van der Waals surface area contributed by atoms with E-state index < -0.39 is 75.0 Å². The lowest BCUT2D eigenvalue weighted by atomic mass is 9.54. The number of ketones is 2. The standard InChI is InChI=1S/C23H26N2O8/c1-22(32)9-6-5-7-12(26)13(9)17(27)14-10(22)8-11-16(25(2,3)4)18(28)15(21(24)31)20(30)23(11,33)19(14)29/h5-7,10-11,16,32-33H,8H2,1-4H3,(H4-,24,26,27,28,29,30,31)/p+1/t10-,11-,16-,22+,23-/m0/s1. The molecule has 0 heterocycles. The summed E-state index contributed by atoms with van der Waals surface area (Å²) in [4.78, 5) is 39.1. The molecule has 1 fully saturated rings. The molecule has 10 heteroatoms. The highest BCUT2D eigenvalue weighted by Crippen LogP contribution is 2.57. The third-order valence-corrected chi connectivity index (χ3v) is 7.30. The molecule has 0 aliphatic heterocycles. The minimum atomic E-state index is -2.74. The second-order valence-corrected chi connectivity index (χ2v) is 10.1. The number of hydrogen-bond acceptors (Lipinski definition) is 8. The number of carbonyl (C=O) groups excluding carboxylic acids is 3. The van der Waals surface area contributed by atoms with Crippen LogP contribution >= 0.6 is 0 Å². The first-order chi connectivity index (χ1) is 15.1. The normalized spacial score (nSPS) is 34.1. The zero-order chi connectivity index (χ0) is 24.8. The van der Waals surface area contributed by atoms with Gasteiger partial charge in [0.15, 0.2) is 11.6 Å². The van der Waals surface area contributed by atoms with Gasteiger partial charge in [0.2, 0.25) is 11.6 Å². The molecule has 3 aliphatic carbocycles. The number of phenols is 1. The zero-order valence-electron chi connectivity index (χ0n) is 18.7. The summed E-state index contributed by atoms with van der Waals surface area (Å²) in [5.74, 6) is -7.81. The summed E-state index contributed by atoms with van der Waals surface area (Å²) in [7, 11) is 4.89. The molecule has 3 aliphatic rings. The molecule has 0 spiro atoms. The Hall–Kier alpha value is -3.21. The third-order valence-electron chi connectivity index (χ3n) is 7.30. The van der Waals surface area contributed by atoms with E-state index in [9.17, 15) is 39.9 Å². The highest BCUT2D eigenvalue weighted by atomic mass is 16.3. The molecule has 4 rings (SSSR count). The molecule has 5 atom stereocenters. The molecule has 0 aromatic heterocycles. The van der Waals surface area contributed by atoms with Crippen LogP contribution in [0.3, 0.4) is 0 Å². The Kier molecular flexibility index (Phi) is 4.63. The molecule has 0 saturated heterocycles. The number of quaternary nitrogens is 1. The maximum absolute atomic E-state index is 13.8. The summed E-state index contributed by atoms with van der Waals surface area (Å²) in [5.41, 5.74) is -0.460. The fraction of sp³-hybridized carbons (Fsp3) is 0.435. The first-order valence-corrected chi connectivity index (χ1v) is 10.4. The number of aliphatic hydroxyl groups excluding tert-OH is 2. The maximum Gasteiger partial charge on any atom is 0.256 e. The molecule has 0 radical (unpaired) electrons. The number of nitrogens with two attached hydrogens (primary N) is 1. The van der Waals surface area contributed by atoms with Crippen molar-refractivity contribution < 1.29 is 44.4 Å². The van der Waals surface area contributed by atoms with Crippen molar-refractivity contribution >= 4 is 23.2 Å². The number of fused-ring (bicyclic) bond motifs is 3. The van der Waals surface area contributed by atoms with E-state index >= 15 is 0 Å². The largest absolute Gasteiger partial charge is 0.508 e. The lowest BCUT2D eigenvalue weighted by Crippen LogP contribution is -2.70. The van der Waals surface area contributed by atoms with E-state index in [1.54, 1.807) is 21.1 Å². The van der Waals surface area contributed by atoms with Gasteiger partial charge in [-0.05, 0) is 25.0 Å². The predicted molar refractivity (Wildman–Crippen MR) is 114 cm³/mol. The Morgan fingerprint density at radius 2 is 1.73 bits per heavy atom. The quantitative estimate of drug-likeness (QED) is 0.259. The number of phenolic OH excluding ortho intramolecular Hbond substituents is 1. The van der Waals surface area contributed by atoms with Crippen LogP contribution in [0.25, 0.3) is 5.76 Å². The van der Waals surface area contributed by atoms with Gasteiger partial charge in [0.25, 0.3) is 5.91 Å². The van der Waals surface area contributed by atoms with Crippen molar-refractivity contribution in [2.45, 2.75) is 30.6 Å². The molecule has 1 aromatic carbocycles. The van der Waals surface area contributed by atoms with Gasteiger partial charge < -0.3 is 35.7 Å². The van der Waals surface area contributed by atoms with Crippen LogP contribution in [-0.2, 0) is 20.0 Å². The minimum Gasteiger partial charge on any atom is -0.508 e. The highest BCUT2D eigenvalue weighted by Gasteiger charge is 2.68. The summed E-state index contributed by atoms with van der Waals surface area (Å²) in [6.07, 6.45) is -0.189. The SMILES string of the molecule is C[C@@]1(O)c2cccc(O)c2C(O)=C2C(=O)[C@]3(O)C(O)=C(C(N)=O)C(=O)[C@@H]([N+](C)(C)C)[C@@H]3C[C@@H]21. The molecule has 7 N–H and O–H groups in total. The number of amides is 1. The van der Waals surface area contributed by atoms with Gasteiger partial charge in [-0.25, -0.2) is 0 Å². The second-order valence-electron chi connectivity index (χ2n) is 10.1. The van der Waals surface area contributed by atoms with E-state index in [1.807, 2.05) is 0 Å². The summed E-state index contributed by atoms with van der Waals surface area (Å²) in [6, 6.07) is 3.09. The van der Waals surface area contributed by atoms with Crippen LogP contribution in [0.5, 0.6) is 5.75 Å². The minimum absolute atomic E-state index is 0.111. The van der Waals surface area contributed by atoms with Crippen molar-refractivity contribution in [3.63, 3.8) is 0 Å². The lowest BCUT2D eigenvalue weighted by molar-refractivity contribution is -0.891. The van der Waals surface area contributed by atoms with E-state index in [-0.39, 0.29) is 22.0 Å². The number of aliphatic hydroxyl groups is 4. The molecule has 0 bridgehead atoms. The number of primary amides is 1. The van der Waals surface area contributed by atoms with Crippen LogP contribution in [0, 0.1) is 11.8 Å². The number of Topliss-reactive ketones (excluding diaryl/α,β-unsaturated/α-hetero) is 2. The van der Waals surface area contributed by atoms with Crippen molar-refractivity contribution in [1.29, 1.82) is 0 Å². The van der Waals surface area contributed by atoms with Gasteiger partial charge in [-0.15, -0.1) is 0 Å². The average Bonchev–Trinajstić information content (AvgIpc) is 2.67. The Morgan fingerprint density at radius 3 is 2.27 bits per heavy atom. The summed E-state index contributed by atoms with van der Waals surface area (Å²) < 4.78 is -0.111. The van der Waals surface area contributed by atoms with Crippen molar-refractivity contribution in [3.8, 4) is 5.75 Å². The predicted octanol–water partition coefficient (Wildman–Crippen LogP) is -0.226. The topological polar surface area (TPSA) is 178 Å². The zero-order valence-corrected chi connectivity index (χ0v) is 18.7. The number of nitrogens with zero attached hydrogens (tertiary/aromatic N) is 1. The van der Waals surface area contributed by atoms with Crippen molar-refractivity contribution in [1.82, 2.24) is 0 Å². The Labute approximate surface area is 189 Å². The Bertz CT molecular complexity index is 1190. The molecule has 1 amide bonds. The first kappa shape index (κ1) is 23.0. The third kappa shape index (κ3) is 2.74. The number of likely N-dealkylation sites (N-methyl/N-ethyl adjacent to an activating group) is 1. The monoisotopic (exact) mass is 459 g/mol. The molecule has 1 saturated carbocycles. The number of carbonyl (C=O) groups is 3. The number of rotatable bonds is 2. The lowest BCUT2D eigenvalue weighted by Gasteiger charge is -2.53. The molecule has 0 unspecified atom stereocenters. The molecular weight excluding hydrogens is 432 g/mol. The molecule has 33 heavy (non-hydrogen) atoms. The van der Waals surface area contributed by atoms with Gasteiger partial charge in [0.1, 0.15) is 22.8 Å². The van der Waals surface area contributed by atoms with Gasteiger partial charge in [0.05, 0.1) is 38.2 Å². The van der Waals surface area contributed by atoms with Crippen molar-refractivity contribution in [2.24, 2.45) is 17.6 Å². The molecule has 1 aromatic rings. The summed E-state index contributed by atoms with van der Waals surface area (Å²) in [5, 5.41) is 55.3. The highest BCUT2D eigenvalue weighted by molar-refractivity contribution is 6.24. The van der Waals surface area contributed by atoms with Gasteiger partial charge >= 0.3 is 0 Å². The van der Waals surface area contributed by atoms with E-state index in [0.29, 0.717) is 0 Å². The summed E-state index contributed by atoms with van der Waals surface area (Å²) in [6.45, 7) is 1.41. The van der Waals surface area contributed by atoms with Crippen LogP contribution in [0.15, 0.2) is 35.1 Å². The maximum atomic E-state index is 13.8. The van der Waals surface area contributed by atoms with Gasteiger partial charge in [-0.3, -0.25) is 14.4 Å². The van der Waals surface area contributed by atoms with E-state index in [2.05, 4.69) is 0 Å². The van der Waals surface area contributed by atoms with Crippen LogP contribution in [-0.4, -0.2) is 80.3 Å². The van der Waals surface area contributed by atoms with Crippen LogP contribution in [0.4, 0.5) is 0 Å². The fourth-order valence-electron chi connectivity index (χ4n) is 5.80. The molecule has 176 valence electrons. The fourth-order valence-corrected chi connectivity index (χ4v) is 5.80. The van der Waals surface area contributed by atoms with Crippen molar-refractivity contribution in [2.75, 3.05) is 21.1 Å². The number of benzene rings is 1. The number of aromatic hydroxyl groups is 1. The van der Waals surface area contributed by atoms with Crippen LogP contribution in [0.1, 0.15) is 24.5 Å².